The number of carboxylic acids is 1. The summed E-state index contributed by atoms with van der Waals surface area (Å²) < 4.78 is 0. The highest BCUT2D eigenvalue weighted by atomic mass is 16.4. The van der Waals surface area contributed by atoms with Gasteiger partial charge in [-0.25, -0.2) is 0 Å². The first-order valence-corrected chi connectivity index (χ1v) is 4.59. The maximum atomic E-state index is 10.7. The van der Waals surface area contributed by atoms with Crippen molar-refractivity contribution < 1.29 is 15.0 Å². The zero-order valence-electron chi connectivity index (χ0n) is 6.94. The molecule has 0 heterocycles. The molecule has 12 heavy (non-hydrogen) atoms. The maximum absolute atomic E-state index is 10.7. The first kappa shape index (κ1) is 8.05. The van der Waals surface area contributed by atoms with E-state index in [1.54, 1.807) is 0 Å². The third-order valence-electron chi connectivity index (χ3n) is 3.40. The van der Waals surface area contributed by atoms with E-state index in [0.717, 1.165) is 12.8 Å². The molecule has 0 spiro atoms. The summed E-state index contributed by atoms with van der Waals surface area (Å²) in [5.74, 6) is -0.334. The lowest BCUT2D eigenvalue weighted by Crippen LogP contribution is -2.33. The molecule has 2 N–H and O–H groups in total. The van der Waals surface area contributed by atoms with E-state index in [9.17, 15) is 9.90 Å². The second-order valence-corrected chi connectivity index (χ2v) is 4.09. The van der Waals surface area contributed by atoms with E-state index >= 15 is 0 Å². The Kier molecular flexibility index (Phi) is 1.83. The fourth-order valence-corrected chi connectivity index (χ4v) is 2.70. The quantitative estimate of drug-likeness (QED) is 0.614. The van der Waals surface area contributed by atoms with Crippen LogP contribution in [0.2, 0.25) is 0 Å². The van der Waals surface area contributed by atoms with Crippen LogP contribution in [-0.2, 0) is 4.79 Å². The Hall–Kier alpha value is -0.570. The third-order valence-corrected chi connectivity index (χ3v) is 3.40. The van der Waals surface area contributed by atoms with Crippen LogP contribution in [0.25, 0.3) is 0 Å². The average molecular weight is 170 g/mol. The number of hydrogen-bond donors (Lipinski definition) is 2. The normalized spacial score (nSPS) is 46.1. The number of aliphatic carboxylic acids is 1. The lowest BCUT2D eigenvalue weighted by Gasteiger charge is -2.29. The van der Waals surface area contributed by atoms with Crippen LogP contribution in [0.5, 0.6) is 0 Å². The molecule has 0 saturated heterocycles. The average Bonchev–Trinajstić information content (AvgIpc) is 2.30. The molecule has 2 bridgehead atoms. The molecule has 3 heteroatoms. The van der Waals surface area contributed by atoms with E-state index < -0.39 is 5.97 Å². The van der Waals surface area contributed by atoms with Crippen molar-refractivity contribution in [3.05, 3.63) is 0 Å². The van der Waals surface area contributed by atoms with Gasteiger partial charge in [0.15, 0.2) is 0 Å². The van der Waals surface area contributed by atoms with Gasteiger partial charge >= 0.3 is 5.97 Å². The molecule has 0 aromatic rings. The molecule has 2 fully saturated rings. The van der Waals surface area contributed by atoms with E-state index in [0.29, 0.717) is 12.8 Å². The molecule has 2 rings (SSSR count). The highest BCUT2D eigenvalue weighted by Crippen LogP contribution is 2.44. The molecule has 0 aromatic heterocycles. The molecule has 0 aromatic carbocycles. The molecular weight excluding hydrogens is 156 g/mol. The van der Waals surface area contributed by atoms with Crippen LogP contribution in [0.1, 0.15) is 25.7 Å². The van der Waals surface area contributed by atoms with Crippen LogP contribution in [0, 0.1) is 17.8 Å². The molecule has 2 saturated carbocycles. The molecular formula is C9H14O3. The van der Waals surface area contributed by atoms with Crippen molar-refractivity contribution in [2.45, 2.75) is 31.8 Å². The second kappa shape index (κ2) is 2.73. The Morgan fingerprint density at radius 1 is 1.17 bits per heavy atom. The second-order valence-electron chi connectivity index (χ2n) is 4.09. The minimum Gasteiger partial charge on any atom is -0.481 e. The van der Waals surface area contributed by atoms with Gasteiger partial charge in [0.25, 0.3) is 0 Å². The molecule has 0 aliphatic heterocycles. The zero-order valence-corrected chi connectivity index (χ0v) is 6.94. The van der Waals surface area contributed by atoms with Crippen molar-refractivity contribution in [2.24, 2.45) is 17.8 Å². The first-order chi connectivity index (χ1) is 5.68. The van der Waals surface area contributed by atoms with E-state index in [-0.39, 0.29) is 23.9 Å². The molecule has 0 radical (unpaired) electrons. The first-order valence-electron chi connectivity index (χ1n) is 4.59. The number of hydrogen-bond acceptors (Lipinski definition) is 2. The lowest BCUT2D eigenvalue weighted by molar-refractivity contribution is -0.144. The summed E-state index contributed by atoms with van der Waals surface area (Å²) in [6.07, 6.45) is 3.21. The van der Waals surface area contributed by atoms with Gasteiger partial charge in [0.05, 0.1) is 12.0 Å². The van der Waals surface area contributed by atoms with Crippen LogP contribution < -0.4 is 0 Å². The summed E-state index contributed by atoms with van der Waals surface area (Å²) in [5, 5.41) is 18.4. The molecule has 2 aliphatic carbocycles. The van der Waals surface area contributed by atoms with Crippen molar-refractivity contribution in [2.75, 3.05) is 0 Å². The van der Waals surface area contributed by atoms with Crippen LogP contribution >= 0.6 is 0 Å². The molecule has 2 aliphatic rings. The predicted molar refractivity (Wildman–Crippen MR) is 42.6 cm³/mol. The van der Waals surface area contributed by atoms with Gasteiger partial charge in [-0.2, -0.15) is 0 Å². The Morgan fingerprint density at radius 2 is 1.67 bits per heavy atom. The SMILES string of the molecule is O=C(O)C1C[C@H]2CC[C@H](C1)C2O. The van der Waals surface area contributed by atoms with Gasteiger partial charge < -0.3 is 10.2 Å². The summed E-state index contributed by atoms with van der Waals surface area (Å²) in [7, 11) is 0. The maximum Gasteiger partial charge on any atom is 0.306 e. The van der Waals surface area contributed by atoms with Crippen LogP contribution in [0.4, 0.5) is 0 Å². The van der Waals surface area contributed by atoms with Gasteiger partial charge in [-0.05, 0) is 37.5 Å². The van der Waals surface area contributed by atoms with Gasteiger partial charge in [0.1, 0.15) is 0 Å². The minimum atomic E-state index is -0.682. The number of aliphatic hydroxyl groups excluding tert-OH is 1. The number of fused-ring (bicyclic) bond motifs is 2. The van der Waals surface area contributed by atoms with E-state index in [4.69, 9.17) is 5.11 Å². The predicted octanol–water partition coefficient (Wildman–Crippen LogP) is 0.868. The number of carboxylic acid groups (broad SMARTS) is 1. The van der Waals surface area contributed by atoms with Crippen molar-refractivity contribution in [3.63, 3.8) is 0 Å². The zero-order chi connectivity index (χ0) is 8.72. The Morgan fingerprint density at radius 3 is 2.08 bits per heavy atom. The number of rotatable bonds is 1. The summed E-state index contributed by atoms with van der Waals surface area (Å²) in [4.78, 5) is 10.7. The van der Waals surface area contributed by atoms with Crippen LogP contribution in [0.15, 0.2) is 0 Å². The number of carbonyl (C=O) groups is 1. The summed E-state index contributed by atoms with van der Waals surface area (Å²) in [5.41, 5.74) is 0. The highest BCUT2D eigenvalue weighted by molar-refractivity contribution is 5.70. The highest BCUT2D eigenvalue weighted by Gasteiger charge is 2.43. The Bertz CT molecular complexity index is 188. The van der Waals surface area contributed by atoms with E-state index in [2.05, 4.69) is 0 Å². The topological polar surface area (TPSA) is 57.5 Å². The molecule has 0 unspecified atom stereocenters. The molecule has 68 valence electrons. The molecule has 3 nitrogen and oxygen atoms in total. The van der Waals surface area contributed by atoms with Crippen LogP contribution in [-0.4, -0.2) is 22.3 Å². The fourth-order valence-electron chi connectivity index (χ4n) is 2.70. The summed E-state index contributed by atoms with van der Waals surface area (Å²) >= 11 is 0. The van der Waals surface area contributed by atoms with Gasteiger partial charge in [-0.15, -0.1) is 0 Å². The van der Waals surface area contributed by atoms with E-state index in [1.165, 1.54) is 0 Å². The molecule has 2 atom stereocenters. The van der Waals surface area contributed by atoms with E-state index in [1.807, 2.05) is 0 Å². The fraction of sp³-hybridized carbons (Fsp3) is 0.889. The van der Waals surface area contributed by atoms with Crippen LogP contribution in [0.3, 0.4) is 0 Å². The van der Waals surface area contributed by atoms with Crippen molar-refractivity contribution in [3.8, 4) is 0 Å². The van der Waals surface area contributed by atoms with Crippen molar-refractivity contribution in [1.82, 2.24) is 0 Å². The summed E-state index contributed by atoms with van der Waals surface area (Å²) in [6.45, 7) is 0. The standard InChI is InChI=1S/C9H14O3/c10-8-5-1-2-6(8)4-7(3-5)9(11)12/h5-8,10H,1-4H2,(H,11,12)/t5-,6-,7?,8?/m1/s1. The van der Waals surface area contributed by atoms with Gasteiger partial charge in [0.2, 0.25) is 0 Å². The third kappa shape index (κ3) is 1.12. The number of aliphatic hydroxyl groups is 1. The molecule has 0 amide bonds. The largest absolute Gasteiger partial charge is 0.481 e. The summed E-state index contributed by atoms with van der Waals surface area (Å²) in [6, 6.07) is 0. The Balaban J connectivity index is 2.07. The lowest BCUT2D eigenvalue weighted by atomic mass is 9.79. The van der Waals surface area contributed by atoms with Gasteiger partial charge in [-0.1, -0.05) is 0 Å². The minimum absolute atomic E-state index is 0.189. The van der Waals surface area contributed by atoms with Crippen molar-refractivity contribution >= 4 is 5.97 Å². The van der Waals surface area contributed by atoms with Gasteiger partial charge in [-0.3, -0.25) is 4.79 Å². The van der Waals surface area contributed by atoms with Gasteiger partial charge in [0, 0.05) is 0 Å². The monoisotopic (exact) mass is 170 g/mol. The smallest absolute Gasteiger partial charge is 0.306 e. The van der Waals surface area contributed by atoms with Crippen molar-refractivity contribution in [1.29, 1.82) is 0 Å². The Labute approximate surface area is 71.4 Å².